The van der Waals surface area contributed by atoms with Gasteiger partial charge in [0, 0.05) is 24.1 Å². The molecule has 4 aromatic carbocycles. The molecular weight excluding hydrogens is 753 g/mol. The van der Waals surface area contributed by atoms with Gasteiger partial charge in [-0.2, -0.15) is 5.26 Å². The van der Waals surface area contributed by atoms with Crippen LogP contribution in [-0.2, 0) is 29.3 Å². The standard InChI is InChI=1S/C41H45Cl2N3O7.ClH/c1-26-30(9-6-10-33(26)34-11-7-13-37(27(34)2)51-16-8-14-42)25-53-39-21-38(52-24-29-17-28(22-45)18-31(19-29)40(47)48)32(20-35(39)43)23-46-36(41(49)50-3)12-4-5-15-44;/h6-7,9-11,13,17-21,36,46H,4-5,8,12,14-16,23-25,44H2,1-3H3,(H,47,48);1H/t36-;/m0./s1. The zero-order chi connectivity index (χ0) is 38.3. The highest BCUT2D eigenvalue weighted by atomic mass is 35.5. The summed E-state index contributed by atoms with van der Waals surface area (Å²) < 4.78 is 23.6. The number of alkyl halides is 1. The van der Waals surface area contributed by atoms with Crippen LogP contribution in [0.1, 0.15) is 69.4 Å². The quantitative estimate of drug-likeness (QED) is 0.0451. The van der Waals surface area contributed by atoms with Crippen LogP contribution < -0.4 is 25.3 Å². The van der Waals surface area contributed by atoms with E-state index >= 15 is 0 Å². The molecule has 0 heterocycles. The van der Waals surface area contributed by atoms with Gasteiger partial charge in [-0.05, 0) is 103 Å². The number of nitrogens with two attached hydrogens (primary N) is 1. The van der Waals surface area contributed by atoms with E-state index < -0.39 is 18.0 Å². The molecule has 10 nitrogen and oxygen atoms in total. The highest BCUT2D eigenvalue weighted by Crippen LogP contribution is 2.36. The van der Waals surface area contributed by atoms with E-state index in [1.807, 2.05) is 44.2 Å². The zero-order valence-corrected chi connectivity index (χ0v) is 32.9. The van der Waals surface area contributed by atoms with Crippen LogP contribution in [0.3, 0.4) is 0 Å². The Morgan fingerprint density at radius 1 is 0.889 bits per heavy atom. The van der Waals surface area contributed by atoms with Gasteiger partial charge in [-0.15, -0.1) is 24.0 Å². The van der Waals surface area contributed by atoms with Gasteiger partial charge < -0.3 is 35.1 Å². The Bertz CT molecular complexity index is 1930. The summed E-state index contributed by atoms with van der Waals surface area (Å²) in [7, 11) is 1.34. The summed E-state index contributed by atoms with van der Waals surface area (Å²) in [4.78, 5) is 24.3. The largest absolute Gasteiger partial charge is 0.493 e. The number of nitrogens with one attached hydrogen (secondary N) is 1. The Morgan fingerprint density at radius 2 is 1.61 bits per heavy atom. The van der Waals surface area contributed by atoms with Crippen molar-refractivity contribution in [3.05, 3.63) is 111 Å². The van der Waals surface area contributed by atoms with E-state index in [2.05, 4.69) is 17.4 Å². The molecule has 0 aliphatic rings. The van der Waals surface area contributed by atoms with E-state index in [-0.39, 0.29) is 43.3 Å². The molecule has 0 unspecified atom stereocenters. The second kappa shape index (κ2) is 22.0. The molecular formula is C41H46Cl3N3O7. The predicted molar refractivity (Wildman–Crippen MR) is 213 cm³/mol. The summed E-state index contributed by atoms with van der Waals surface area (Å²) in [6, 6.07) is 21.2. The molecule has 288 valence electrons. The molecule has 0 spiro atoms. The number of benzene rings is 4. The van der Waals surface area contributed by atoms with Crippen molar-refractivity contribution in [1.82, 2.24) is 5.32 Å². The van der Waals surface area contributed by atoms with Crippen LogP contribution in [0.15, 0.2) is 66.7 Å². The van der Waals surface area contributed by atoms with Crippen molar-refractivity contribution in [3.8, 4) is 34.4 Å². The van der Waals surface area contributed by atoms with Gasteiger partial charge in [0.1, 0.15) is 36.5 Å². The molecule has 4 rings (SSSR count). The Balaban J connectivity index is 0.00000784. The van der Waals surface area contributed by atoms with E-state index in [0.717, 1.165) is 52.8 Å². The van der Waals surface area contributed by atoms with E-state index in [1.54, 1.807) is 18.2 Å². The first-order valence-electron chi connectivity index (χ1n) is 17.3. The van der Waals surface area contributed by atoms with E-state index in [9.17, 15) is 20.0 Å². The Hall–Kier alpha value is -4.50. The highest BCUT2D eigenvalue weighted by molar-refractivity contribution is 6.32. The monoisotopic (exact) mass is 797 g/mol. The van der Waals surface area contributed by atoms with E-state index in [0.29, 0.717) is 53.1 Å². The van der Waals surface area contributed by atoms with Crippen molar-refractivity contribution < 1.29 is 33.6 Å². The molecule has 0 bridgehead atoms. The van der Waals surface area contributed by atoms with Crippen molar-refractivity contribution in [2.75, 3.05) is 26.1 Å². The molecule has 0 aliphatic heterocycles. The number of unbranched alkanes of at least 4 members (excludes halogenated alkanes) is 1. The lowest BCUT2D eigenvalue weighted by Gasteiger charge is -2.20. The van der Waals surface area contributed by atoms with Gasteiger partial charge in [-0.3, -0.25) is 4.79 Å². The van der Waals surface area contributed by atoms with Crippen molar-refractivity contribution >= 4 is 47.5 Å². The summed E-state index contributed by atoms with van der Waals surface area (Å²) in [6.07, 6.45) is 2.78. The fourth-order valence-electron chi connectivity index (χ4n) is 5.84. The van der Waals surface area contributed by atoms with Crippen molar-refractivity contribution in [2.45, 2.75) is 65.3 Å². The molecule has 13 heteroatoms. The van der Waals surface area contributed by atoms with Gasteiger partial charge in [-0.1, -0.05) is 48.4 Å². The number of aromatic carboxylic acids is 1. The average Bonchev–Trinajstić information content (AvgIpc) is 3.16. The normalized spacial score (nSPS) is 11.2. The maximum atomic E-state index is 12.6. The maximum absolute atomic E-state index is 12.6. The SMILES string of the molecule is COC(=O)[C@H](CCCCN)NCc1cc(Cl)c(OCc2cccc(-c3cccc(OCCCCl)c3C)c2C)cc1OCc1cc(C#N)cc(C(=O)O)c1.Cl. The van der Waals surface area contributed by atoms with Crippen molar-refractivity contribution in [3.63, 3.8) is 0 Å². The second-order valence-electron chi connectivity index (χ2n) is 12.5. The van der Waals surface area contributed by atoms with E-state index in [1.165, 1.54) is 19.2 Å². The Morgan fingerprint density at radius 3 is 2.30 bits per heavy atom. The fourth-order valence-corrected chi connectivity index (χ4v) is 6.19. The number of esters is 1. The minimum absolute atomic E-state index is 0. The maximum Gasteiger partial charge on any atom is 0.335 e. The van der Waals surface area contributed by atoms with Crippen LogP contribution in [0.4, 0.5) is 0 Å². The number of carboxylic acid groups (broad SMARTS) is 1. The van der Waals surface area contributed by atoms with Crippen LogP contribution in [0, 0.1) is 25.2 Å². The molecule has 1 atom stereocenters. The van der Waals surface area contributed by atoms with Gasteiger partial charge in [0.2, 0.25) is 0 Å². The summed E-state index contributed by atoms with van der Waals surface area (Å²) in [5.41, 5.74) is 12.1. The van der Waals surface area contributed by atoms with Crippen molar-refractivity contribution in [1.29, 1.82) is 5.26 Å². The number of nitriles is 1. The smallest absolute Gasteiger partial charge is 0.335 e. The number of hydrogen-bond acceptors (Lipinski definition) is 9. The minimum Gasteiger partial charge on any atom is -0.493 e. The third-order valence-electron chi connectivity index (χ3n) is 8.79. The second-order valence-corrected chi connectivity index (χ2v) is 13.2. The van der Waals surface area contributed by atoms with Crippen molar-refractivity contribution in [2.24, 2.45) is 5.73 Å². The minimum atomic E-state index is -1.16. The Labute approximate surface area is 332 Å². The number of halogens is 3. The van der Waals surface area contributed by atoms with Crippen LogP contribution in [-0.4, -0.2) is 49.2 Å². The number of carboxylic acids is 1. The molecule has 0 saturated carbocycles. The number of carbonyl (C=O) groups excluding carboxylic acids is 1. The van der Waals surface area contributed by atoms with Crippen LogP contribution in [0.5, 0.6) is 17.2 Å². The molecule has 0 saturated heterocycles. The molecule has 54 heavy (non-hydrogen) atoms. The van der Waals surface area contributed by atoms with Crippen LogP contribution in [0.2, 0.25) is 5.02 Å². The molecule has 0 fully saturated rings. The average molecular weight is 799 g/mol. The summed E-state index contributed by atoms with van der Waals surface area (Å²) in [5.74, 6) is 0.556. The van der Waals surface area contributed by atoms with Gasteiger partial charge in [0.05, 0.1) is 35.9 Å². The first kappa shape index (κ1) is 43.9. The van der Waals surface area contributed by atoms with Gasteiger partial charge in [0.15, 0.2) is 0 Å². The third-order valence-corrected chi connectivity index (χ3v) is 9.35. The van der Waals surface area contributed by atoms with Crippen LogP contribution in [0.25, 0.3) is 11.1 Å². The first-order chi connectivity index (χ1) is 25.6. The lowest BCUT2D eigenvalue weighted by atomic mass is 9.93. The van der Waals surface area contributed by atoms with E-state index in [4.69, 9.17) is 47.9 Å². The highest BCUT2D eigenvalue weighted by Gasteiger charge is 2.21. The number of hydrogen-bond donors (Lipinski definition) is 3. The number of methoxy groups -OCH3 is 1. The van der Waals surface area contributed by atoms with Gasteiger partial charge in [-0.25, -0.2) is 4.79 Å². The van der Waals surface area contributed by atoms with Crippen LogP contribution >= 0.6 is 35.6 Å². The number of carbonyl (C=O) groups is 2. The summed E-state index contributed by atoms with van der Waals surface area (Å²) in [6.45, 7) is 5.50. The topological polar surface area (TPSA) is 153 Å². The Kier molecular flexibility index (Phi) is 17.9. The molecule has 0 radical (unpaired) electrons. The molecule has 4 aromatic rings. The number of nitrogens with zero attached hydrogens (tertiary/aromatic N) is 1. The molecule has 4 N–H and O–H groups in total. The number of ether oxygens (including phenoxy) is 4. The molecule has 0 aromatic heterocycles. The van der Waals surface area contributed by atoms with Gasteiger partial charge >= 0.3 is 11.9 Å². The number of rotatable bonds is 20. The lowest BCUT2D eigenvalue weighted by Crippen LogP contribution is -2.37. The molecule has 0 amide bonds. The fraction of sp³-hybridized carbons (Fsp3) is 0.341. The summed E-state index contributed by atoms with van der Waals surface area (Å²) in [5, 5.41) is 22.6. The predicted octanol–water partition coefficient (Wildman–Crippen LogP) is 8.54. The third kappa shape index (κ3) is 12.0. The molecule has 0 aliphatic carbocycles. The lowest BCUT2D eigenvalue weighted by molar-refractivity contribution is -0.143. The van der Waals surface area contributed by atoms with Gasteiger partial charge in [0.25, 0.3) is 0 Å². The zero-order valence-electron chi connectivity index (χ0n) is 30.6. The first-order valence-corrected chi connectivity index (χ1v) is 18.2. The summed E-state index contributed by atoms with van der Waals surface area (Å²) >= 11 is 12.7.